The molecule has 0 aromatic carbocycles. The Morgan fingerprint density at radius 1 is 1.36 bits per heavy atom. The number of aromatic nitrogens is 1. The Morgan fingerprint density at radius 3 is 2.77 bits per heavy atom. The van der Waals surface area contributed by atoms with E-state index in [9.17, 15) is 9.59 Å². The van der Waals surface area contributed by atoms with E-state index in [1.807, 2.05) is 13.8 Å². The second-order valence-electron chi connectivity index (χ2n) is 5.99. The van der Waals surface area contributed by atoms with Gasteiger partial charge in [0.05, 0.1) is 0 Å². The van der Waals surface area contributed by atoms with Crippen molar-refractivity contribution in [2.75, 3.05) is 31.5 Å². The minimum Gasteiger partial charge on any atom is -0.349 e. The van der Waals surface area contributed by atoms with Gasteiger partial charge in [-0.25, -0.2) is 4.98 Å². The second kappa shape index (κ2) is 8.24. The summed E-state index contributed by atoms with van der Waals surface area (Å²) in [5.74, 6) is 0.0541. The molecule has 0 spiro atoms. The average Bonchev–Trinajstić information content (AvgIpc) is 3.09. The van der Waals surface area contributed by atoms with Crippen molar-refractivity contribution in [3.63, 3.8) is 0 Å². The van der Waals surface area contributed by atoms with E-state index in [0.717, 1.165) is 19.6 Å². The van der Waals surface area contributed by atoms with Crippen molar-refractivity contribution in [3.8, 4) is 0 Å². The molecule has 0 atom stereocenters. The highest BCUT2D eigenvalue weighted by molar-refractivity contribution is 7.14. The lowest BCUT2D eigenvalue weighted by atomic mass is 10.1. The number of nitrogens with one attached hydrogen (secondary N) is 2. The molecule has 6 nitrogen and oxygen atoms in total. The van der Waals surface area contributed by atoms with Crippen molar-refractivity contribution >= 4 is 28.3 Å². The smallest absolute Gasteiger partial charge is 0.270 e. The molecule has 122 valence electrons. The van der Waals surface area contributed by atoms with Crippen LogP contribution in [0.2, 0.25) is 0 Å². The zero-order chi connectivity index (χ0) is 15.9. The van der Waals surface area contributed by atoms with Crippen molar-refractivity contribution < 1.29 is 9.59 Å². The van der Waals surface area contributed by atoms with E-state index in [2.05, 4.69) is 20.5 Å². The number of anilines is 1. The van der Waals surface area contributed by atoms with Crippen molar-refractivity contribution in [1.29, 1.82) is 0 Å². The molecule has 22 heavy (non-hydrogen) atoms. The Balaban J connectivity index is 1.74. The molecular weight excluding hydrogens is 300 g/mol. The van der Waals surface area contributed by atoms with Gasteiger partial charge in [0, 0.05) is 24.9 Å². The van der Waals surface area contributed by atoms with Crippen LogP contribution >= 0.6 is 11.3 Å². The summed E-state index contributed by atoms with van der Waals surface area (Å²) in [5, 5.41) is 7.76. The van der Waals surface area contributed by atoms with Crippen LogP contribution in [0.15, 0.2) is 5.38 Å². The number of nitrogens with zero attached hydrogens (tertiary/aromatic N) is 2. The summed E-state index contributed by atoms with van der Waals surface area (Å²) in [6.07, 6.45) is 2.95. The highest BCUT2D eigenvalue weighted by Gasteiger charge is 2.14. The van der Waals surface area contributed by atoms with Crippen LogP contribution in [0.5, 0.6) is 0 Å². The van der Waals surface area contributed by atoms with Gasteiger partial charge >= 0.3 is 0 Å². The lowest BCUT2D eigenvalue weighted by Gasteiger charge is -2.14. The highest BCUT2D eigenvalue weighted by atomic mass is 32.1. The van der Waals surface area contributed by atoms with Crippen LogP contribution in [0.3, 0.4) is 0 Å². The van der Waals surface area contributed by atoms with Gasteiger partial charge in [0.2, 0.25) is 5.91 Å². The molecule has 2 N–H and O–H groups in total. The molecule has 1 aliphatic heterocycles. The Hall–Kier alpha value is -1.47. The molecular formula is C15H24N4O2S. The first-order valence-corrected chi connectivity index (χ1v) is 8.68. The Labute approximate surface area is 135 Å². The summed E-state index contributed by atoms with van der Waals surface area (Å²) in [7, 11) is 0. The van der Waals surface area contributed by atoms with E-state index in [1.54, 1.807) is 5.38 Å². The Kier molecular flexibility index (Phi) is 6.33. The maximum Gasteiger partial charge on any atom is 0.270 e. The van der Waals surface area contributed by atoms with Gasteiger partial charge in [-0.05, 0) is 31.8 Å². The molecule has 1 aromatic rings. The monoisotopic (exact) mass is 324 g/mol. The fraction of sp³-hybridized carbons (Fsp3) is 0.667. The van der Waals surface area contributed by atoms with Crippen LogP contribution in [-0.4, -0.2) is 47.9 Å². The number of hydrogen-bond acceptors (Lipinski definition) is 5. The Morgan fingerprint density at radius 2 is 2.09 bits per heavy atom. The molecule has 1 fully saturated rings. The number of carbonyl (C=O) groups excluding carboxylic acids is 2. The first-order chi connectivity index (χ1) is 10.5. The SMILES string of the molecule is CC(C)CC(=O)Nc1nc(C(=O)NCCN2CCCC2)cs1. The molecule has 2 heterocycles. The molecule has 1 saturated heterocycles. The maximum atomic E-state index is 12.0. The number of thiazole rings is 1. The number of carbonyl (C=O) groups is 2. The van der Waals surface area contributed by atoms with Gasteiger partial charge in [-0.2, -0.15) is 0 Å². The van der Waals surface area contributed by atoms with Crippen LogP contribution in [0.25, 0.3) is 0 Å². The van der Waals surface area contributed by atoms with Crippen LogP contribution in [0, 0.1) is 5.92 Å². The van der Waals surface area contributed by atoms with Crippen LogP contribution in [-0.2, 0) is 4.79 Å². The molecule has 0 aliphatic carbocycles. The molecule has 2 rings (SSSR count). The van der Waals surface area contributed by atoms with Crippen molar-refractivity contribution in [2.45, 2.75) is 33.1 Å². The van der Waals surface area contributed by atoms with E-state index in [0.29, 0.717) is 29.7 Å². The Bertz CT molecular complexity index is 509. The number of hydrogen-bond donors (Lipinski definition) is 2. The summed E-state index contributed by atoms with van der Waals surface area (Å²) < 4.78 is 0. The van der Waals surface area contributed by atoms with Gasteiger partial charge in [0.25, 0.3) is 5.91 Å². The standard InChI is InChI=1S/C15H24N4O2S/c1-11(2)9-13(20)18-15-17-12(10-22-15)14(21)16-5-8-19-6-3-4-7-19/h10-11H,3-9H2,1-2H3,(H,16,21)(H,17,18,20). The van der Waals surface area contributed by atoms with E-state index in [-0.39, 0.29) is 11.8 Å². The van der Waals surface area contributed by atoms with Crippen LogP contribution in [0.1, 0.15) is 43.6 Å². The second-order valence-corrected chi connectivity index (χ2v) is 6.85. The van der Waals surface area contributed by atoms with Gasteiger partial charge in [-0.3, -0.25) is 9.59 Å². The number of rotatable bonds is 7. The number of amides is 2. The maximum absolute atomic E-state index is 12.0. The molecule has 0 saturated carbocycles. The minimum absolute atomic E-state index is 0.0645. The average molecular weight is 324 g/mol. The molecule has 0 unspecified atom stereocenters. The first kappa shape index (κ1) is 16.9. The molecule has 1 aromatic heterocycles. The molecule has 1 aliphatic rings. The summed E-state index contributed by atoms with van der Waals surface area (Å²) in [5.41, 5.74) is 0.367. The molecule has 2 amide bonds. The van der Waals surface area contributed by atoms with Crippen molar-refractivity contribution in [1.82, 2.24) is 15.2 Å². The molecule has 0 bridgehead atoms. The van der Waals surface area contributed by atoms with E-state index in [4.69, 9.17) is 0 Å². The summed E-state index contributed by atoms with van der Waals surface area (Å²) in [4.78, 5) is 30.2. The summed E-state index contributed by atoms with van der Waals surface area (Å²) in [6, 6.07) is 0. The van der Waals surface area contributed by atoms with Crippen LogP contribution in [0.4, 0.5) is 5.13 Å². The largest absolute Gasteiger partial charge is 0.349 e. The van der Waals surface area contributed by atoms with E-state index >= 15 is 0 Å². The van der Waals surface area contributed by atoms with E-state index < -0.39 is 0 Å². The lowest BCUT2D eigenvalue weighted by molar-refractivity contribution is -0.116. The lowest BCUT2D eigenvalue weighted by Crippen LogP contribution is -2.33. The van der Waals surface area contributed by atoms with Gasteiger partial charge in [0.1, 0.15) is 5.69 Å². The summed E-state index contributed by atoms with van der Waals surface area (Å²) in [6.45, 7) is 7.73. The highest BCUT2D eigenvalue weighted by Crippen LogP contribution is 2.16. The normalized spacial score (nSPS) is 15.2. The van der Waals surface area contributed by atoms with Crippen molar-refractivity contribution in [2.24, 2.45) is 5.92 Å². The molecule has 7 heteroatoms. The van der Waals surface area contributed by atoms with E-state index in [1.165, 1.54) is 24.2 Å². The number of likely N-dealkylation sites (tertiary alicyclic amines) is 1. The van der Waals surface area contributed by atoms with Gasteiger partial charge in [0.15, 0.2) is 5.13 Å². The quantitative estimate of drug-likeness (QED) is 0.804. The minimum atomic E-state index is -0.181. The fourth-order valence-electron chi connectivity index (χ4n) is 2.40. The third-order valence-electron chi connectivity index (χ3n) is 3.49. The molecule has 0 radical (unpaired) electrons. The fourth-order valence-corrected chi connectivity index (χ4v) is 3.11. The topological polar surface area (TPSA) is 74.3 Å². The predicted octanol–water partition coefficient (Wildman–Crippen LogP) is 1.95. The van der Waals surface area contributed by atoms with Crippen LogP contribution < -0.4 is 10.6 Å². The first-order valence-electron chi connectivity index (χ1n) is 7.80. The zero-order valence-corrected chi connectivity index (χ0v) is 14.0. The predicted molar refractivity (Wildman–Crippen MR) is 88.2 cm³/mol. The zero-order valence-electron chi connectivity index (χ0n) is 13.2. The third kappa shape index (κ3) is 5.38. The summed E-state index contributed by atoms with van der Waals surface area (Å²) >= 11 is 1.28. The third-order valence-corrected chi connectivity index (χ3v) is 4.25. The van der Waals surface area contributed by atoms with Gasteiger partial charge in [-0.15, -0.1) is 11.3 Å². The van der Waals surface area contributed by atoms with Gasteiger partial charge in [-0.1, -0.05) is 13.8 Å². The van der Waals surface area contributed by atoms with Crippen molar-refractivity contribution in [3.05, 3.63) is 11.1 Å². The van der Waals surface area contributed by atoms with Gasteiger partial charge < -0.3 is 15.5 Å².